The van der Waals surface area contributed by atoms with Crippen LogP contribution in [0.3, 0.4) is 0 Å². The predicted molar refractivity (Wildman–Crippen MR) is 69.1 cm³/mol. The highest BCUT2D eigenvalue weighted by molar-refractivity contribution is 8.00. The number of rotatable bonds is 6. The van der Waals surface area contributed by atoms with Crippen LogP contribution in [-0.4, -0.2) is 29.4 Å². The van der Waals surface area contributed by atoms with Crippen molar-refractivity contribution < 1.29 is 33.6 Å². The Morgan fingerprint density at radius 1 is 1.33 bits per heavy atom. The number of carboxylic acid groups (broad SMARTS) is 1. The summed E-state index contributed by atoms with van der Waals surface area (Å²) in [4.78, 5) is 22.0. The minimum absolute atomic E-state index is 0.0384. The molecule has 4 N–H and O–H groups in total. The van der Waals surface area contributed by atoms with Crippen molar-refractivity contribution in [1.82, 2.24) is 0 Å². The maximum atomic E-state index is 12.7. The number of quaternary nitrogens is 1. The van der Waals surface area contributed by atoms with E-state index in [9.17, 15) is 27.9 Å². The molecule has 0 unspecified atom stereocenters. The van der Waals surface area contributed by atoms with E-state index in [1.54, 1.807) is 0 Å². The second kappa shape index (κ2) is 7.32. The molecule has 5 nitrogen and oxygen atoms in total. The molecule has 0 bridgehead atoms. The van der Waals surface area contributed by atoms with Gasteiger partial charge in [-0.15, -0.1) is 11.8 Å². The van der Waals surface area contributed by atoms with Gasteiger partial charge in [-0.2, -0.15) is 13.2 Å². The van der Waals surface area contributed by atoms with Crippen LogP contribution in [0.4, 0.5) is 18.9 Å². The van der Waals surface area contributed by atoms with Crippen LogP contribution in [0, 0.1) is 0 Å². The molecule has 0 aliphatic rings. The van der Waals surface area contributed by atoms with E-state index in [4.69, 9.17) is 0 Å². The number of carboxylic acids is 1. The zero-order chi connectivity index (χ0) is 16.0. The number of carbonyl (C=O) groups excluding carboxylic acids is 2. The number of anilines is 1. The van der Waals surface area contributed by atoms with Crippen LogP contribution in [0.15, 0.2) is 24.3 Å². The van der Waals surface area contributed by atoms with Crippen molar-refractivity contribution >= 4 is 29.3 Å². The smallest absolute Gasteiger partial charge is 0.418 e. The number of benzene rings is 1. The largest absolute Gasteiger partial charge is 0.544 e. The number of nitrogens with one attached hydrogen (secondary N) is 1. The number of amides is 1. The molecule has 0 aliphatic heterocycles. The highest BCUT2D eigenvalue weighted by atomic mass is 32.2. The molecular weight excluding hydrogens is 309 g/mol. The van der Waals surface area contributed by atoms with Gasteiger partial charge < -0.3 is 21.0 Å². The van der Waals surface area contributed by atoms with Gasteiger partial charge in [-0.3, -0.25) is 4.79 Å². The zero-order valence-electron chi connectivity index (χ0n) is 10.8. The first-order valence-electron chi connectivity index (χ1n) is 5.79. The molecule has 0 fully saturated rings. The van der Waals surface area contributed by atoms with Crippen molar-refractivity contribution in [2.24, 2.45) is 0 Å². The highest BCUT2D eigenvalue weighted by Gasteiger charge is 2.33. The normalized spacial score (nSPS) is 12.8. The molecule has 0 heterocycles. The molecule has 0 radical (unpaired) electrons. The Morgan fingerprint density at radius 3 is 2.52 bits per heavy atom. The number of para-hydroxylation sites is 1. The van der Waals surface area contributed by atoms with Gasteiger partial charge in [0.25, 0.3) is 0 Å². The van der Waals surface area contributed by atoms with E-state index in [1.165, 1.54) is 12.1 Å². The number of halogens is 3. The van der Waals surface area contributed by atoms with Gasteiger partial charge in [0.1, 0.15) is 6.04 Å². The molecule has 1 atom stereocenters. The third-order valence-corrected chi connectivity index (χ3v) is 3.50. The fraction of sp³-hybridized carbons (Fsp3) is 0.333. The summed E-state index contributed by atoms with van der Waals surface area (Å²) < 4.78 is 38.1. The van der Waals surface area contributed by atoms with Gasteiger partial charge in [-0.25, -0.2) is 0 Å². The van der Waals surface area contributed by atoms with Crippen molar-refractivity contribution in [3.05, 3.63) is 29.8 Å². The van der Waals surface area contributed by atoms with Gasteiger partial charge in [0.15, 0.2) is 0 Å². The van der Waals surface area contributed by atoms with Crippen molar-refractivity contribution in [1.29, 1.82) is 0 Å². The molecule has 9 heteroatoms. The summed E-state index contributed by atoms with van der Waals surface area (Å²) in [5.41, 5.74) is 2.03. The zero-order valence-corrected chi connectivity index (χ0v) is 11.6. The van der Waals surface area contributed by atoms with Gasteiger partial charge >= 0.3 is 6.18 Å². The second-order valence-corrected chi connectivity index (χ2v) is 5.15. The molecule has 0 saturated heterocycles. The van der Waals surface area contributed by atoms with E-state index < -0.39 is 29.7 Å². The summed E-state index contributed by atoms with van der Waals surface area (Å²) in [6, 6.07) is 3.63. The lowest BCUT2D eigenvalue weighted by atomic mass is 10.1. The fourth-order valence-corrected chi connectivity index (χ4v) is 2.18. The van der Waals surface area contributed by atoms with Gasteiger partial charge in [-0.1, -0.05) is 12.1 Å². The Bertz CT molecular complexity index is 523. The Hall–Kier alpha value is -1.74. The number of carbonyl (C=O) groups is 2. The van der Waals surface area contributed by atoms with Crippen molar-refractivity contribution in [3.8, 4) is 0 Å². The molecule has 116 valence electrons. The van der Waals surface area contributed by atoms with Crippen LogP contribution in [0.5, 0.6) is 0 Å². The van der Waals surface area contributed by atoms with Crippen molar-refractivity contribution in [2.45, 2.75) is 12.2 Å². The number of alkyl halides is 3. The summed E-state index contributed by atoms with van der Waals surface area (Å²) in [5.74, 6) is -2.13. The van der Waals surface area contributed by atoms with Crippen LogP contribution >= 0.6 is 11.8 Å². The third-order valence-electron chi connectivity index (χ3n) is 2.39. The van der Waals surface area contributed by atoms with E-state index in [0.29, 0.717) is 0 Å². The Balaban J connectivity index is 2.58. The molecule has 21 heavy (non-hydrogen) atoms. The lowest BCUT2D eigenvalue weighted by Crippen LogP contribution is -2.69. The maximum Gasteiger partial charge on any atom is 0.418 e. The Kier molecular flexibility index (Phi) is 6.03. The standard InChI is InChI=1S/C12H13F3N2O3S/c13-12(14,15)7-3-1-2-4-9(7)17-10(18)6-21-5-8(16)11(19)20/h1-4,8H,5-6,16H2,(H,17,18)(H,19,20)/t8-/m1/s1. The van der Waals surface area contributed by atoms with Gasteiger partial charge in [0, 0.05) is 0 Å². The molecule has 0 aliphatic carbocycles. The minimum atomic E-state index is -4.57. The third kappa shape index (κ3) is 5.64. The number of hydrogen-bond acceptors (Lipinski definition) is 4. The van der Waals surface area contributed by atoms with Crippen LogP contribution in [0.2, 0.25) is 0 Å². The highest BCUT2D eigenvalue weighted by Crippen LogP contribution is 2.34. The first kappa shape index (κ1) is 17.3. The second-order valence-electron chi connectivity index (χ2n) is 4.12. The topological polar surface area (TPSA) is 96.9 Å². The molecule has 0 saturated carbocycles. The monoisotopic (exact) mass is 322 g/mol. The molecule has 1 aromatic carbocycles. The average Bonchev–Trinajstić information content (AvgIpc) is 2.37. The number of aliphatic carboxylic acids is 1. The molecule has 0 spiro atoms. The SMILES string of the molecule is [NH3+][C@H](CSCC(=O)Nc1ccccc1C(F)(F)F)C(=O)[O-]. The van der Waals surface area contributed by atoms with Crippen molar-refractivity contribution in [3.63, 3.8) is 0 Å². The van der Waals surface area contributed by atoms with Gasteiger partial charge in [0.2, 0.25) is 5.91 Å². The van der Waals surface area contributed by atoms with Gasteiger partial charge in [-0.05, 0) is 12.1 Å². The average molecular weight is 322 g/mol. The molecule has 1 amide bonds. The van der Waals surface area contributed by atoms with Crippen LogP contribution < -0.4 is 16.2 Å². The van der Waals surface area contributed by atoms with E-state index in [2.05, 4.69) is 11.1 Å². The molecule has 0 aromatic heterocycles. The lowest BCUT2D eigenvalue weighted by Gasteiger charge is -2.13. The van der Waals surface area contributed by atoms with E-state index in [0.717, 1.165) is 23.9 Å². The number of thioether (sulfide) groups is 1. The predicted octanol–water partition coefficient (Wildman–Crippen LogP) is -0.262. The summed E-state index contributed by atoms with van der Waals surface area (Å²) >= 11 is 0.954. The number of hydrogen-bond donors (Lipinski definition) is 2. The lowest BCUT2D eigenvalue weighted by molar-refractivity contribution is -0.431. The molecule has 1 aromatic rings. The summed E-state index contributed by atoms with van der Waals surface area (Å²) in [7, 11) is 0. The molecular formula is C12H13F3N2O3S. The fourth-order valence-electron chi connectivity index (χ4n) is 1.39. The molecule has 1 rings (SSSR count). The van der Waals surface area contributed by atoms with E-state index in [-0.39, 0.29) is 17.2 Å². The quantitative estimate of drug-likeness (QED) is 0.754. The van der Waals surface area contributed by atoms with Gasteiger partial charge in [0.05, 0.1) is 28.7 Å². The Morgan fingerprint density at radius 2 is 1.95 bits per heavy atom. The van der Waals surface area contributed by atoms with Crippen molar-refractivity contribution in [2.75, 3.05) is 16.8 Å². The summed E-state index contributed by atoms with van der Waals surface area (Å²) in [6.45, 7) is 0. The van der Waals surface area contributed by atoms with E-state index >= 15 is 0 Å². The van der Waals surface area contributed by atoms with Crippen LogP contribution in [-0.2, 0) is 15.8 Å². The Labute approximate surface area is 122 Å². The summed E-state index contributed by atoms with van der Waals surface area (Å²) in [6.07, 6.45) is -4.57. The van der Waals surface area contributed by atoms with Crippen LogP contribution in [0.25, 0.3) is 0 Å². The maximum absolute atomic E-state index is 12.7. The minimum Gasteiger partial charge on any atom is -0.544 e. The first-order valence-corrected chi connectivity index (χ1v) is 6.95. The van der Waals surface area contributed by atoms with Crippen LogP contribution in [0.1, 0.15) is 5.56 Å². The van der Waals surface area contributed by atoms with E-state index in [1.807, 2.05) is 0 Å². The first-order chi connectivity index (χ1) is 9.71. The summed E-state index contributed by atoms with van der Waals surface area (Å²) in [5, 5.41) is 12.6.